The Hall–Kier alpha value is -2.17. The van der Waals surface area contributed by atoms with Crippen molar-refractivity contribution in [2.24, 2.45) is 5.92 Å². The van der Waals surface area contributed by atoms with Crippen molar-refractivity contribution in [3.63, 3.8) is 0 Å². The topological polar surface area (TPSA) is 31.4 Å². The summed E-state index contributed by atoms with van der Waals surface area (Å²) in [6.07, 6.45) is 5.02. The van der Waals surface area contributed by atoms with Gasteiger partial charge in [0.15, 0.2) is 0 Å². The van der Waals surface area contributed by atoms with Crippen LogP contribution in [0.3, 0.4) is 0 Å². The minimum atomic E-state index is 0.375. The first-order valence-electron chi connectivity index (χ1n) is 11.9. The summed E-state index contributed by atoms with van der Waals surface area (Å²) in [6, 6.07) is 15.8. The molecule has 1 aromatic carbocycles. The Morgan fingerprint density at radius 3 is 2.71 bits per heavy atom. The second-order valence-electron chi connectivity index (χ2n) is 8.82. The summed E-state index contributed by atoms with van der Waals surface area (Å²) in [4.78, 5) is 10.2. The zero-order valence-electron chi connectivity index (χ0n) is 19.5. The molecule has 31 heavy (non-hydrogen) atoms. The number of hydrogen-bond donors (Lipinski definition) is 1. The highest BCUT2D eigenvalue weighted by Gasteiger charge is 2.26. The smallest absolute Gasteiger partial charge is 0.128 e. The number of piperidine rings is 1. The molecular formula is C27H40N4. The standard InChI is InChI=1S/C25H36N4.C2H4/c1-20-8-3-4-10-23(20)18-22-9-6-15-29(19-22)21(2)24-11-5-12-25(27-24)28-16-7-13-26-14-17-28;1-2/h3-5,8,10-12,21-22,26H,6-7,9,13-19H2,1-2H3;1-2H2. The van der Waals surface area contributed by atoms with Crippen LogP contribution < -0.4 is 10.2 Å². The van der Waals surface area contributed by atoms with E-state index in [1.165, 1.54) is 55.6 Å². The number of benzene rings is 1. The van der Waals surface area contributed by atoms with E-state index in [0.29, 0.717) is 6.04 Å². The maximum Gasteiger partial charge on any atom is 0.128 e. The highest BCUT2D eigenvalue weighted by atomic mass is 15.2. The van der Waals surface area contributed by atoms with Gasteiger partial charge in [-0.05, 0) is 81.8 Å². The van der Waals surface area contributed by atoms with E-state index in [1.54, 1.807) is 0 Å². The summed E-state index contributed by atoms with van der Waals surface area (Å²) < 4.78 is 0. The van der Waals surface area contributed by atoms with Gasteiger partial charge in [-0.15, -0.1) is 13.2 Å². The predicted molar refractivity (Wildman–Crippen MR) is 133 cm³/mol. The molecule has 2 aliphatic rings. The molecule has 1 N–H and O–H groups in total. The van der Waals surface area contributed by atoms with E-state index in [0.717, 1.165) is 37.9 Å². The van der Waals surface area contributed by atoms with Crippen LogP contribution in [0.1, 0.15) is 49.0 Å². The Labute approximate surface area is 189 Å². The van der Waals surface area contributed by atoms with Crippen LogP contribution in [-0.4, -0.2) is 49.2 Å². The molecule has 2 fully saturated rings. The molecule has 0 amide bonds. The molecule has 4 heteroatoms. The van der Waals surface area contributed by atoms with E-state index in [1.807, 2.05) is 0 Å². The third-order valence-electron chi connectivity index (χ3n) is 6.72. The van der Waals surface area contributed by atoms with Gasteiger partial charge in [-0.25, -0.2) is 4.98 Å². The minimum absolute atomic E-state index is 0.375. The zero-order valence-corrected chi connectivity index (χ0v) is 19.5. The molecule has 2 saturated heterocycles. The number of aromatic nitrogens is 1. The van der Waals surface area contributed by atoms with Crippen molar-refractivity contribution < 1.29 is 0 Å². The van der Waals surface area contributed by atoms with Crippen molar-refractivity contribution in [3.8, 4) is 0 Å². The number of nitrogens with one attached hydrogen (secondary N) is 1. The lowest BCUT2D eigenvalue weighted by Crippen LogP contribution is -2.38. The van der Waals surface area contributed by atoms with Crippen molar-refractivity contribution >= 4 is 5.82 Å². The van der Waals surface area contributed by atoms with Crippen molar-refractivity contribution in [1.29, 1.82) is 0 Å². The van der Waals surface area contributed by atoms with Crippen molar-refractivity contribution in [2.45, 2.75) is 45.6 Å². The molecule has 168 valence electrons. The summed E-state index contributed by atoms with van der Waals surface area (Å²) in [6.45, 7) is 17.3. The van der Waals surface area contributed by atoms with Crippen molar-refractivity contribution in [3.05, 3.63) is 72.4 Å². The van der Waals surface area contributed by atoms with E-state index in [2.05, 4.69) is 84.6 Å². The van der Waals surface area contributed by atoms with Gasteiger partial charge in [0.05, 0.1) is 5.69 Å². The van der Waals surface area contributed by atoms with Gasteiger partial charge >= 0.3 is 0 Å². The lowest BCUT2D eigenvalue weighted by atomic mass is 9.89. The molecule has 2 aromatic rings. The Morgan fingerprint density at radius 1 is 1.03 bits per heavy atom. The number of hydrogen-bond acceptors (Lipinski definition) is 4. The fraction of sp³-hybridized carbons (Fsp3) is 0.519. The third-order valence-corrected chi connectivity index (χ3v) is 6.72. The number of anilines is 1. The Kier molecular flexibility index (Phi) is 9.11. The first-order chi connectivity index (χ1) is 15.2. The summed E-state index contributed by atoms with van der Waals surface area (Å²) >= 11 is 0. The second-order valence-corrected chi connectivity index (χ2v) is 8.82. The molecule has 2 unspecified atom stereocenters. The van der Waals surface area contributed by atoms with Crippen molar-refractivity contribution in [1.82, 2.24) is 15.2 Å². The predicted octanol–water partition coefficient (Wildman–Crippen LogP) is 5.01. The third kappa shape index (κ3) is 6.41. The van der Waals surface area contributed by atoms with Crippen LogP contribution in [-0.2, 0) is 6.42 Å². The quantitative estimate of drug-likeness (QED) is 0.689. The summed E-state index contributed by atoms with van der Waals surface area (Å²) in [5.41, 5.74) is 4.16. The zero-order chi connectivity index (χ0) is 22.1. The van der Waals surface area contributed by atoms with Gasteiger partial charge in [0.25, 0.3) is 0 Å². The van der Waals surface area contributed by atoms with Gasteiger partial charge in [0.2, 0.25) is 0 Å². The normalized spacial score (nSPS) is 21.0. The average Bonchev–Trinajstić information content (AvgIpc) is 3.11. The molecule has 4 nitrogen and oxygen atoms in total. The van der Waals surface area contributed by atoms with Gasteiger partial charge < -0.3 is 10.2 Å². The average molecular weight is 421 g/mol. The fourth-order valence-corrected chi connectivity index (χ4v) is 4.88. The Bertz CT molecular complexity index is 797. The van der Waals surface area contributed by atoms with Crippen LogP contribution in [0.4, 0.5) is 5.82 Å². The van der Waals surface area contributed by atoms with E-state index in [4.69, 9.17) is 4.98 Å². The Balaban J connectivity index is 0.00000132. The summed E-state index contributed by atoms with van der Waals surface area (Å²) in [5.74, 6) is 1.89. The highest BCUT2D eigenvalue weighted by Crippen LogP contribution is 2.29. The molecule has 1 aromatic heterocycles. The summed E-state index contributed by atoms with van der Waals surface area (Å²) in [7, 11) is 0. The Morgan fingerprint density at radius 2 is 1.87 bits per heavy atom. The van der Waals surface area contributed by atoms with E-state index >= 15 is 0 Å². The highest BCUT2D eigenvalue weighted by molar-refractivity contribution is 5.40. The lowest BCUT2D eigenvalue weighted by molar-refractivity contribution is 0.129. The summed E-state index contributed by atoms with van der Waals surface area (Å²) in [5, 5.41) is 3.49. The first kappa shape index (κ1) is 23.5. The number of rotatable bonds is 5. The van der Waals surface area contributed by atoms with E-state index in [9.17, 15) is 0 Å². The number of nitrogens with zero attached hydrogens (tertiary/aromatic N) is 3. The fourth-order valence-electron chi connectivity index (χ4n) is 4.88. The molecule has 4 rings (SSSR count). The van der Waals surface area contributed by atoms with Crippen LogP contribution >= 0.6 is 0 Å². The van der Waals surface area contributed by atoms with Gasteiger partial charge in [-0.1, -0.05) is 30.3 Å². The molecule has 0 saturated carbocycles. The van der Waals surface area contributed by atoms with Crippen molar-refractivity contribution in [2.75, 3.05) is 44.2 Å². The maximum absolute atomic E-state index is 5.09. The van der Waals surface area contributed by atoms with Gasteiger partial charge in [-0.2, -0.15) is 0 Å². The molecule has 2 aliphatic heterocycles. The van der Waals surface area contributed by atoms with Gasteiger partial charge in [-0.3, -0.25) is 4.90 Å². The van der Waals surface area contributed by atoms with E-state index < -0.39 is 0 Å². The molecule has 0 spiro atoms. The molecular weight excluding hydrogens is 380 g/mol. The van der Waals surface area contributed by atoms with Gasteiger partial charge in [0.1, 0.15) is 5.82 Å². The molecule has 3 heterocycles. The van der Waals surface area contributed by atoms with Gasteiger partial charge in [0, 0.05) is 32.2 Å². The second kappa shape index (κ2) is 12.0. The number of aryl methyl sites for hydroxylation is 1. The monoisotopic (exact) mass is 420 g/mol. The maximum atomic E-state index is 5.09. The van der Waals surface area contributed by atoms with E-state index in [-0.39, 0.29) is 0 Å². The number of pyridine rings is 1. The minimum Gasteiger partial charge on any atom is -0.355 e. The lowest BCUT2D eigenvalue weighted by Gasteiger charge is -2.37. The van der Waals surface area contributed by atoms with Crippen LogP contribution in [0, 0.1) is 12.8 Å². The number of likely N-dealkylation sites (tertiary alicyclic amines) is 1. The van der Waals surface area contributed by atoms with Crippen LogP contribution in [0.15, 0.2) is 55.6 Å². The van der Waals surface area contributed by atoms with Crippen LogP contribution in [0.2, 0.25) is 0 Å². The van der Waals surface area contributed by atoms with Crippen LogP contribution in [0.5, 0.6) is 0 Å². The van der Waals surface area contributed by atoms with Crippen LogP contribution in [0.25, 0.3) is 0 Å². The molecule has 0 aliphatic carbocycles. The largest absolute Gasteiger partial charge is 0.355 e. The molecule has 0 bridgehead atoms. The molecule has 2 atom stereocenters. The SMILES string of the molecule is C=C.Cc1ccccc1CC1CCCN(C(C)c2cccc(N3CCCNCC3)n2)C1. The first-order valence-corrected chi connectivity index (χ1v) is 11.9. The molecule has 0 radical (unpaired) electrons.